The molecule has 18 heavy (non-hydrogen) atoms. The summed E-state index contributed by atoms with van der Waals surface area (Å²) in [5.74, 6) is 1.03. The van der Waals surface area contributed by atoms with Crippen molar-refractivity contribution in [2.45, 2.75) is 19.9 Å². The maximum atomic E-state index is 12.3. The summed E-state index contributed by atoms with van der Waals surface area (Å²) in [6.07, 6.45) is 0. The second-order valence-electron chi connectivity index (χ2n) is 4.92. The van der Waals surface area contributed by atoms with Crippen molar-refractivity contribution in [2.24, 2.45) is 5.92 Å². The summed E-state index contributed by atoms with van der Waals surface area (Å²) in [7, 11) is 1.58. The lowest BCUT2D eigenvalue weighted by Gasteiger charge is -2.17. The summed E-state index contributed by atoms with van der Waals surface area (Å²) >= 11 is 0. The van der Waals surface area contributed by atoms with Gasteiger partial charge in [-0.2, -0.15) is 0 Å². The van der Waals surface area contributed by atoms with Gasteiger partial charge < -0.3 is 15.4 Å². The van der Waals surface area contributed by atoms with Crippen LogP contribution in [0.2, 0.25) is 0 Å². The van der Waals surface area contributed by atoms with E-state index in [9.17, 15) is 4.79 Å². The highest BCUT2D eigenvalue weighted by atomic mass is 16.5. The molecule has 2 N–H and O–H groups in total. The summed E-state index contributed by atoms with van der Waals surface area (Å²) in [5, 5.41) is 6.34. The average molecular weight is 248 g/mol. The van der Waals surface area contributed by atoms with E-state index < -0.39 is 0 Å². The number of carbonyl (C=O) groups excluding carboxylic acids is 1. The summed E-state index contributed by atoms with van der Waals surface area (Å²) in [5.41, 5.74) is 1.66. The van der Waals surface area contributed by atoms with Crippen LogP contribution in [0.1, 0.15) is 22.8 Å². The minimum absolute atomic E-state index is 0.0592. The Bertz CT molecular complexity index is 445. The Hall–Kier alpha value is -1.55. The quantitative estimate of drug-likeness (QED) is 0.848. The van der Waals surface area contributed by atoms with Crippen LogP contribution in [0, 0.1) is 12.8 Å². The number of carbonyl (C=O) groups is 1. The molecule has 1 amide bonds. The molecule has 1 heterocycles. The van der Waals surface area contributed by atoms with Crippen LogP contribution in [0.15, 0.2) is 18.2 Å². The monoisotopic (exact) mass is 248 g/mol. The first-order chi connectivity index (χ1) is 8.61. The van der Waals surface area contributed by atoms with E-state index in [2.05, 4.69) is 17.6 Å². The summed E-state index contributed by atoms with van der Waals surface area (Å²) in [6.45, 7) is 5.89. The molecule has 0 bridgehead atoms. The predicted octanol–water partition coefficient (Wildman–Crippen LogP) is 1.34. The first kappa shape index (κ1) is 12.9. The Morgan fingerprint density at radius 2 is 2.22 bits per heavy atom. The molecule has 0 aliphatic carbocycles. The SMILES string of the molecule is COc1ccc(C)cc1C(=O)NC1CNCC1C. The van der Waals surface area contributed by atoms with E-state index in [1.54, 1.807) is 7.11 Å². The van der Waals surface area contributed by atoms with Crippen molar-refractivity contribution < 1.29 is 9.53 Å². The molecule has 2 rings (SSSR count). The van der Waals surface area contributed by atoms with Crippen LogP contribution in [0.25, 0.3) is 0 Å². The Labute approximate surface area is 108 Å². The molecule has 1 fully saturated rings. The predicted molar refractivity (Wildman–Crippen MR) is 71.0 cm³/mol. The third-order valence-electron chi connectivity index (χ3n) is 3.43. The topological polar surface area (TPSA) is 50.4 Å². The minimum atomic E-state index is -0.0592. The molecule has 4 nitrogen and oxygen atoms in total. The molecule has 1 saturated heterocycles. The van der Waals surface area contributed by atoms with Crippen LogP contribution < -0.4 is 15.4 Å². The van der Waals surface area contributed by atoms with Gasteiger partial charge in [0.15, 0.2) is 0 Å². The summed E-state index contributed by atoms with van der Waals surface area (Å²) in [6, 6.07) is 5.83. The minimum Gasteiger partial charge on any atom is -0.496 e. The highest BCUT2D eigenvalue weighted by molar-refractivity contribution is 5.97. The molecule has 0 spiro atoms. The van der Waals surface area contributed by atoms with Gasteiger partial charge in [0.1, 0.15) is 5.75 Å². The lowest BCUT2D eigenvalue weighted by molar-refractivity contribution is 0.0929. The van der Waals surface area contributed by atoms with E-state index in [1.165, 1.54) is 0 Å². The number of ether oxygens (including phenoxy) is 1. The molecule has 1 aromatic rings. The van der Waals surface area contributed by atoms with Gasteiger partial charge in [0, 0.05) is 12.6 Å². The molecule has 4 heteroatoms. The third kappa shape index (κ3) is 2.64. The van der Waals surface area contributed by atoms with E-state index >= 15 is 0 Å². The maximum Gasteiger partial charge on any atom is 0.255 e. The van der Waals surface area contributed by atoms with E-state index in [-0.39, 0.29) is 11.9 Å². The maximum absolute atomic E-state index is 12.3. The zero-order valence-corrected chi connectivity index (χ0v) is 11.1. The van der Waals surface area contributed by atoms with Gasteiger partial charge in [-0.15, -0.1) is 0 Å². The molecule has 98 valence electrons. The number of benzene rings is 1. The first-order valence-corrected chi connectivity index (χ1v) is 6.28. The lowest BCUT2D eigenvalue weighted by Crippen LogP contribution is -2.39. The van der Waals surface area contributed by atoms with Crippen molar-refractivity contribution in [3.8, 4) is 5.75 Å². The highest BCUT2D eigenvalue weighted by Gasteiger charge is 2.25. The molecular weight excluding hydrogens is 228 g/mol. The van der Waals surface area contributed by atoms with Gasteiger partial charge in [0.25, 0.3) is 5.91 Å². The Morgan fingerprint density at radius 3 is 2.83 bits per heavy atom. The van der Waals surface area contributed by atoms with Gasteiger partial charge >= 0.3 is 0 Å². The number of hydrogen-bond acceptors (Lipinski definition) is 3. The molecule has 0 saturated carbocycles. The second-order valence-corrected chi connectivity index (χ2v) is 4.92. The van der Waals surface area contributed by atoms with Crippen LogP contribution in [-0.2, 0) is 0 Å². The van der Waals surface area contributed by atoms with Crippen molar-refractivity contribution in [1.82, 2.24) is 10.6 Å². The van der Waals surface area contributed by atoms with Crippen molar-refractivity contribution in [1.29, 1.82) is 0 Å². The molecule has 1 aromatic carbocycles. The highest BCUT2D eigenvalue weighted by Crippen LogP contribution is 2.20. The summed E-state index contributed by atoms with van der Waals surface area (Å²) < 4.78 is 5.24. The van der Waals surface area contributed by atoms with Crippen LogP contribution in [0.5, 0.6) is 5.75 Å². The van der Waals surface area contributed by atoms with Crippen LogP contribution >= 0.6 is 0 Å². The Morgan fingerprint density at radius 1 is 1.44 bits per heavy atom. The van der Waals surface area contributed by atoms with Gasteiger partial charge in [-0.1, -0.05) is 18.6 Å². The molecule has 2 unspecified atom stereocenters. The molecule has 0 aromatic heterocycles. The van der Waals surface area contributed by atoms with E-state index in [0.29, 0.717) is 17.2 Å². The lowest BCUT2D eigenvalue weighted by atomic mass is 10.0. The van der Waals surface area contributed by atoms with Gasteiger partial charge in [-0.3, -0.25) is 4.79 Å². The van der Waals surface area contributed by atoms with E-state index in [1.807, 2.05) is 25.1 Å². The number of amides is 1. The molecule has 2 atom stereocenters. The summed E-state index contributed by atoms with van der Waals surface area (Å²) in [4.78, 5) is 12.3. The molecule has 1 aliphatic rings. The fourth-order valence-corrected chi connectivity index (χ4v) is 2.25. The molecular formula is C14H20N2O2. The van der Waals surface area contributed by atoms with Crippen molar-refractivity contribution in [3.05, 3.63) is 29.3 Å². The van der Waals surface area contributed by atoms with Crippen LogP contribution in [-0.4, -0.2) is 32.1 Å². The van der Waals surface area contributed by atoms with E-state index in [0.717, 1.165) is 18.7 Å². The zero-order valence-electron chi connectivity index (χ0n) is 11.1. The van der Waals surface area contributed by atoms with Crippen LogP contribution in [0.4, 0.5) is 0 Å². The zero-order chi connectivity index (χ0) is 13.1. The van der Waals surface area contributed by atoms with Crippen molar-refractivity contribution in [3.63, 3.8) is 0 Å². The van der Waals surface area contributed by atoms with Gasteiger partial charge in [0.05, 0.1) is 12.7 Å². The standard InChI is InChI=1S/C14H20N2O2/c1-9-4-5-13(18-3)11(6-9)14(17)16-12-8-15-7-10(12)2/h4-6,10,12,15H,7-8H2,1-3H3,(H,16,17). The largest absolute Gasteiger partial charge is 0.496 e. The molecule has 1 aliphatic heterocycles. The number of methoxy groups -OCH3 is 1. The normalized spacial score (nSPS) is 22.8. The van der Waals surface area contributed by atoms with Crippen molar-refractivity contribution >= 4 is 5.91 Å². The number of hydrogen-bond donors (Lipinski definition) is 2. The third-order valence-corrected chi connectivity index (χ3v) is 3.43. The fourth-order valence-electron chi connectivity index (χ4n) is 2.25. The Kier molecular flexibility index (Phi) is 3.87. The van der Waals surface area contributed by atoms with Gasteiger partial charge in [-0.25, -0.2) is 0 Å². The fraction of sp³-hybridized carbons (Fsp3) is 0.500. The molecule has 0 radical (unpaired) electrons. The Balaban J connectivity index is 2.15. The number of aryl methyl sites for hydroxylation is 1. The second kappa shape index (κ2) is 5.40. The van der Waals surface area contributed by atoms with E-state index in [4.69, 9.17) is 4.74 Å². The van der Waals surface area contributed by atoms with Crippen molar-refractivity contribution in [2.75, 3.05) is 20.2 Å². The smallest absolute Gasteiger partial charge is 0.255 e. The van der Waals surface area contributed by atoms with Gasteiger partial charge in [0.2, 0.25) is 0 Å². The number of rotatable bonds is 3. The average Bonchev–Trinajstić information content (AvgIpc) is 2.75. The number of nitrogens with one attached hydrogen (secondary N) is 2. The van der Waals surface area contributed by atoms with Gasteiger partial charge in [-0.05, 0) is 31.5 Å². The van der Waals surface area contributed by atoms with Crippen LogP contribution in [0.3, 0.4) is 0 Å². The first-order valence-electron chi connectivity index (χ1n) is 6.28.